The minimum Gasteiger partial charge on any atom is -0.354 e. The van der Waals surface area contributed by atoms with Crippen molar-refractivity contribution in [3.05, 3.63) is 102 Å². The number of carbonyl (C=O) groups excluding carboxylic acids is 2. The normalized spacial score (nSPS) is 12.3. The number of sulfonamides is 1. The predicted octanol–water partition coefficient (Wildman–Crippen LogP) is 4.81. The summed E-state index contributed by atoms with van der Waals surface area (Å²) in [5, 5.41) is 3.02. The molecule has 0 aliphatic carbocycles. The van der Waals surface area contributed by atoms with Gasteiger partial charge in [-0.15, -0.1) is 0 Å². The molecule has 0 radical (unpaired) electrons. The largest absolute Gasteiger partial charge is 0.354 e. The highest BCUT2D eigenvalue weighted by Crippen LogP contribution is 2.18. The Morgan fingerprint density at radius 2 is 1.45 bits per heavy atom. The number of benzene rings is 3. The number of hydrogen-bond acceptors (Lipinski definition) is 4. The van der Waals surface area contributed by atoms with Gasteiger partial charge in [-0.05, 0) is 42.5 Å². The third kappa shape index (κ3) is 9.03. The van der Waals surface area contributed by atoms with Gasteiger partial charge < -0.3 is 10.2 Å². The molecular formula is C32H41N3O4S. The Morgan fingerprint density at radius 1 is 0.850 bits per heavy atom. The van der Waals surface area contributed by atoms with E-state index in [1.54, 1.807) is 35.2 Å². The fraction of sp³-hybridized carbons (Fsp3) is 0.375. The summed E-state index contributed by atoms with van der Waals surface area (Å²) in [6.45, 7) is 7.04. The van der Waals surface area contributed by atoms with Crippen LogP contribution in [0.5, 0.6) is 0 Å². The second-order valence-electron chi connectivity index (χ2n) is 10.6. The first kappa shape index (κ1) is 31.0. The lowest BCUT2D eigenvalue weighted by atomic mass is 10.0. The van der Waals surface area contributed by atoms with Gasteiger partial charge in [0.2, 0.25) is 21.8 Å². The molecule has 0 saturated carbocycles. The van der Waals surface area contributed by atoms with Crippen LogP contribution in [0.15, 0.2) is 89.8 Å². The lowest BCUT2D eigenvalue weighted by molar-refractivity contribution is -0.141. The van der Waals surface area contributed by atoms with Gasteiger partial charge >= 0.3 is 0 Å². The van der Waals surface area contributed by atoms with E-state index in [0.717, 1.165) is 16.7 Å². The van der Waals surface area contributed by atoms with Crippen LogP contribution in [0, 0.1) is 12.8 Å². The summed E-state index contributed by atoms with van der Waals surface area (Å²) in [5.41, 5.74) is 3.00. The highest BCUT2D eigenvalue weighted by atomic mass is 32.2. The van der Waals surface area contributed by atoms with E-state index in [-0.39, 0.29) is 42.1 Å². The molecule has 0 fully saturated rings. The summed E-state index contributed by atoms with van der Waals surface area (Å²) < 4.78 is 27.1. The average molecular weight is 564 g/mol. The van der Waals surface area contributed by atoms with E-state index in [1.807, 2.05) is 75.4 Å². The van der Waals surface area contributed by atoms with Crippen molar-refractivity contribution in [3.63, 3.8) is 0 Å². The molecular weight excluding hydrogens is 522 g/mol. The lowest BCUT2D eigenvalue weighted by Gasteiger charge is -2.32. The van der Waals surface area contributed by atoms with E-state index >= 15 is 0 Å². The number of nitrogens with one attached hydrogen (secondary N) is 1. The molecule has 1 atom stereocenters. The Hall–Kier alpha value is -3.49. The van der Waals surface area contributed by atoms with Crippen LogP contribution in [-0.4, -0.2) is 55.6 Å². The Bertz CT molecular complexity index is 1330. The zero-order chi connectivity index (χ0) is 29.1. The number of nitrogens with zero attached hydrogens (tertiary/aromatic N) is 2. The van der Waals surface area contributed by atoms with Crippen LogP contribution in [0.4, 0.5) is 0 Å². The third-order valence-electron chi connectivity index (χ3n) is 6.74. The molecule has 0 heterocycles. The van der Waals surface area contributed by atoms with Crippen LogP contribution in [0.3, 0.4) is 0 Å². The molecule has 0 bridgehead atoms. The van der Waals surface area contributed by atoms with Gasteiger partial charge in [-0.2, -0.15) is 0 Å². The van der Waals surface area contributed by atoms with E-state index < -0.39 is 16.1 Å². The molecule has 0 aliphatic heterocycles. The lowest BCUT2D eigenvalue weighted by Crippen LogP contribution is -2.51. The van der Waals surface area contributed by atoms with Crippen LogP contribution >= 0.6 is 0 Å². The maximum Gasteiger partial charge on any atom is 0.243 e. The van der Waals surface area contributed by atoms with Crippen molar-refractivity contribution in [2.45, 2.75) is 57.5 Å². The summed E-state index contributed by atoms with van der Waals surface area (Å²) in [4.78, 5) is 29.2. The molecule has 214 valence electrons. The highest BCUT2D eigenvalue weighted by Gasteiger charge is 2.30. The molecule has 8 heteroatoms. The van der Waals surface area contributed by atoms with Crippen molar-refractivity contribution in [1.29, 1.82) is 0 Å². The molecule has 3 aromatic rings. The molecule has 40 heavy (non-hydrogen) atoms. The minimum atomic E-state index is -3.65. The van der Waals surface area contributed by atoms with Crippen molar-refractivity contribution in [3.8, 4) is 0 Å². The molecule has 7 nitrogen and oxygen atoms in total. The fourth-order valence-electron chi connectivity index (χ4n) is 4.36. The number of rotatable bonds is 14. The van der Waals surface area contributed by atoms with Gasteiger partial charge in [-0.25, -0.2) is 12.7 Å². The highest BCUT2D eigenvalue weighted by molar-refractivity contribution is 7.89. The fourth-order valence-corrected chi connectivity index (χ4v) is 5.59. The average Bonchev–Trinajstić information content (AvgIpc) is 2.95. The second kappa shape index (κ2) is 14.8. The van der Waals surface area contributed by atoms with Gasteiger partial charge in [0, 0.05) is 39.5 Å². The molecule has 2 amide bonds. The predicted molar refractivity (Wildman–Crippen MR) is 159 cm³/mol. The van der Waals surface area contributed by atoms with Crippen LogP contribution in [0.2, 0.25) is 0 Å². The van der Waals surface area contributed by atoms with Crippen LogP contribution < -0.4 is 5.32 Å². The van der Waals surface area contributed by atoms with Crippen LogP contribution in [0.25, 0.3) is 0 Å². The SMILES string of the molecule is Cc1ccc(CN(C(=O)CCCN(C)S(=O)(=O)c2ccccc2)C(Cc2ccccc2)C(=O)NCC(C)C)cc1. The standard InChI is InChI=1S/C32H41N3O4S/c1-25(2)23-33-32(37)30(22-27-12-7-5-8-13-27)35(24-28-19-17-26(3)18-20-28)31(36)16-11-21-34(4)40(38,39)29-14-9-6-10-15-29/h5-10,12-15,17-20,25,30H,11,16,21-24H2,1-4H3,(H,33,37). The summed E-state index contributed by atoms with van der Waals surface area (Å²) in [7, 11) is -2.13. The number of aryl methyl sites for hydroxylation is 1. The Labute approximate surface area is 239 Å². The van der Waals surface area contributed by atoms with Gasteiger partial charge in [-0.3, -0.25) is 9.59 Å². The van der Waals surface area contributed by atoms with Crippen molar-refractivity contribution in [2.24, 2.45) is 5.92 Å². The van der Waals surface area contributed by atoms with Crippen LogP contribution in [-0.2, 0) is 32.6 Å². The van der Waals surface area contributed by atoms with Gasteiger partial charge in [0.1, 0.15) is 6.04 Å². The quantitative estimate of drug-likeness (QED) is 0.305. The minimum absolute atomic E-state index is 0.114. The van der Waals surface area contributed by atoms with Crippen molar-refractivity contribution >= 4 is 21.8 Å². The Kier molecular flexibility index (Phi) is 11.5. The van der Waals surface area contributed by atoms with Gasteiger partial charge in [0.15, 0.2) is 0 Å². The molecule has 3 rings (SSSR count). The maximum atomic E-state index is 13.8. The third-order valence-corrected chi connectivity index (χ3v) is 8.62. The van der Waals surface area contributed by atoms with E-state index in [9.17, 15) is 18.0 Å². The number of amides is 2. The molecule has 3 aromatic carbocycles. The van der Waals surface area contributed by atoms with Gasteiger partial charge in [-0.1, -0.05) is 92.2 Å². The van der Waals surface area contributed by atoms with Gasteiger partial charge in [0.05, 0.1) is 4.90 Å². The monoisotopic (exact) mass is 563 g/mol. The van der Waals surface area contributed by atoms with Crippen molar-refractivity contribution in [2.75, 3.05) is 20.1 Å². The smallest absolute Gasteiger partial charge is 0.243 e. The molecule has 1 unspecified atom stereocenters. The first-order chi connectivity index (χ1) is 19.1. The second-order valence-corrected chi connectivity index (χ2v) is 12.6. The van der Waals surface area contributed by atoms with Crippen molar-refractivity contribution < 1.29 is 18.0 Å². The van der Waals surface area contributed by atoms with Gasteiger partial charge in [0.25, 0.3) is 0 Å². The van der Waals surface area contributed by atoms with E-state index in [0.29, 0.717) is 19.4 Å². The Balaban J connectivity index is 1.81. The van der Waals surface area contributed by atoms with E-state index in [4.69, 9.17) is 0 Å². The summed E-state index contributed by atoms with van der Waals surface area (Å²) >= 11 is 0. The summed E-state index contributed by atoms with van der Waals surface area (Å²) in [6.07, 6.45) is 0.825. The first-order valence-electron chi connectivity index (χ1n) is 13.8. The number of carbonyl (C=O) groups is 2. The van der Waals surface area contributed by atoms with E-state index in [2.05, 4.69) is 5.32 Å². The van der Waals surface area contributed by atoms with Crippen molar-refractivity contribution in [1.82, 2.24) is 14.5 Å². The molecule has 1 N–H and O–H groups in total. The number of hydrogen-bond donors (Lipinski definition) is 1. The first-order valence-corrected chi connectivity index (χ1v) is 15.2. The molecule has 0 spiro atoms. The summed E-state index contributed by atoms with van der Waals surface area (Å²) in [6, 6.07) is 25.2. The van der Waals surface area contributed by atoms with E-state index in [1.165, 1.54) is 11.4 Å². The Morgan fingerprint density at radius 3 is 2.05 bits per heavy atom. The topological polar surface area (TPSA) is 86.8 Å². The molecule has 0 aromatic heterocycles. The summed E-state index contributed by atoms with van der Waals surface area (Å²) in [5.74, 6) is -0.113. The molecule has 0 aliphatic rings. The maximum absolute atomic E-state index is 13.8. The molecule has 0 saturated heterocycles. The zero-order valence-corrected chi connectivity index (χ0v) is 24.7. The van der Waals surface area contributed by atoms with Crippen LogP contribution in [0.1, 0.15) is 43.4 Å². The zero-order valence-electron chi connectivity index (χ0n) is 23.9.